The maximum Gasteiger partial charge on any atom is 0.122 e. The number of hydrogen-bond donors (Lipinski definition) is 3. The number of aliphatic hydroxyl groups is 1. The summed E-state index contributed by atoms with van der Waals surface area (Å²) in [6, 6.07) is 12.5. The molecule has 3 N–H and O–H groups in total. The molecule has 2 aromatic carbocycles. The Labute approximate surface area is 111 Å². The number of rotatable bonds is 4. The fourth-order valence-corrected chi connectivity index (χ4v) is 1.93. The highest BCUT2D eigenvalue weighted by molar-refractivity contribution is 6.31. The van der Waals surface area contributed by atoms with Gasteiger partial charge in [-0.3, -0.25) is 0 Å². The molecule has 0 spiro atoms. The summed E-state index contributed by atoms with van der Waals surface area (Å²) in [5.74, 6) is 0.174. The lowest BCUT2D eigenvalue weighted by Crippen LogP contribution is -2.01. The first-order valence-corrected chi connectivity index (χ1v) is 5.98. The van der Waals surface area contributed by atoms with E-state index in [0.717, 1.165) is 11.3 Å². The molecular formula is C14H14ClNO2. The second-order valence-corrected chi connectivity index (χ2v) is 4.36. The summed E-state index contributed by atoms with van der Waals surface area (Å²) in [6.07, 6.45) is 0. The van der Waals surface area contributed by atoms with Crippen LogP contribution in [0.15, 0.2) is 42.5 Å². The molecule has 0 aliphatic rings. The minimum Gasteiger partial charge on any atom is -0.508 e. The standard InChI is InChI=1S/C14H14ClNO2/c15-13-5-2-6-14(18)12(13)8-16-11-4-1-3-10(7-11)9-17/h1-7,16-18H,8-9H2. The Balaban J connectivity index is 2.11. The second-order valence-electron chi connectivity index (χ2n) is 3.95. The number of hydrogen-bond acceptors (Lipinski definition) is 3. The molecule has 2 rings (SSSR count). The molecule has 94 valence electrons. The van der Waals surface area contributed by atoms with Gasteiger partial charge in [0.05, 0.1) is 6.61 Å². The zero-order valence-electron chi connectivity index (χ0n) is 9.73. The van der Waals surface area contributed by atoms with Gasteiger partial charge in [0.25, 0.3) is 0 Å². The molecule has 0 atom stereocenters. The van der Waals surface area contributed by atoms with Crippen molar-refractivity contribution < 1.29 is 10.2 Å². The van der Waals surface area contributed by atoms with Crippen molar-refractivity contribution >= 4 is 17.3 Å². The summed E-state index contributed by atoms with van der Waals surface area (Å²) in [4.78, 5) is 0. The van der Waals surface area contributed by atoms with E-state index in [0.29, 0.717) is 17.1 Å². The molecule has 0 unspecified atom stereocenters. The highest BCUT2D eigenvalue weighted by atomic mass is 35.5. The number of benzene rings is 2. The van der Waals surface area contributed by atoms with Crippen LogP contribution in [0.5, 0.6) is 5.75 Å². The van der Waals surface area contributed by atoms with Crippen LogP contribution in [0, 0.1) is 0 Å². The van der Waals surface area contributed by atoms with E-state index in [-0.39, 0.29) is 12.4 Å². The number of phenolic OH excluding ortho intramolecular Hbond substituents is 1. The van der Waals surface area contributed by atoms with Gasteiger partial charge in [0.1, 0.15) is 5.75 Å². The molecule has 0 aromatic heterocycles. The molecule has 0 saturated heterocycles. The van der Waals surface area contributed by atoms with Gasteiger partial charge in [-0.15, -0.1) is 0 Å². The maximum absolute atomic E-state index is 9.71. The average molecular weight is 264 g/mol. The average Bonchev–Trinajstić information content (AvgIpc) is 2.38. The first-order valence-electron chi connectivity index (χ1n) is 5.60. The largest absolute Gasteiger partial charge is 0.508 e. The normalized spacial score (nSPS) is 10.3. The minimum absolute atomic E-state index is 0.00681. The Bertz CT molecular complexity index is 523. The first-order chi connectivity index (χ1) is 8.70. The second kappa shape index (κ2) is 5.76. The topological polar surface area (TPSA) is 52.5 Å². The van der Waals surface area contributed by atoms with Crippen molar-refractivity contribution in [1.82, 2.24) is 0 Å². The third-order valence-electron chi connectivity index (χ3n) is 2.67. The molecule has 0 aliphatic heterocycles. The van der Waals surface area contributed by atoms with Gasteiger partial charge < -0.3 is 15.5 Å². The smallest absolute Gasteiger partial charge is 0.122 e. The van der Waals surface area contributed by atoms with Crippen LogP contribution in [0.2, 0.25) is 5.02 Å². The van der Waals surface area contributed by atoms with Crippen molar-refractivity contribution in [3.63, 3.8) is 0 Å². The van der Waals surface area contributed by atoms with E-state index in [4.69, 9.17) is 16.7 Å². The molecule has 0 aliphatic carbocycles. The summed E-state index contributed by atoms with van der Waals surface area (Å²) in [5.41, 5.74) is 2.37. The van der Waals surface area contributed by atoms with Crippen molar-refractivity contribution in [2.45, 2.75) is 13.2 Å². The predicted octanol–water partition coefficient (Wildman–Crippen LogP) is 3.15. The van der Waals surface area contributed by atoms with Gasteiger partial charge in [-0.05, 0) is 29.8 Å². The summed E-state index contributed by atoms with van der Waals surface area (Å²) in [6.45, 7) is 0.438. The Kier molecular flexibility index (Phi) is 4.07. The number of halogens is 1. The van der Waals surface area contributed by atoms with E-state index in [9.17, 15) is 5.11 Å². The molecule has 0 fully saturated rings. The van der Waals surface area contributed by atoms with Gasteiger partial charge in [0, 0.05) is 22.8 Å². The van der Waals surface area contributed by atoms with E-state index >= 15 is 0 Å². The van der Waals surface area contributed by atoms with Crippen LogP contribution < -0.4 is 5.32 Å². The van der Waals surface area contributed by atoms with Crippen LogP contribution in [-0.4, -0.2) is 10.2 Å². The Morgan fingerprint density at radius 1 is 1.11 bits per heavy atom. The molecule has 18 heavy (non-hydrogen) atoms. The van der Waals surface area contributed by atoms with E-state index in [2.05, 4.69) is 5.32 Å². The molecule has 4 heteroatoms. The Morgan fingerprint density at radius 2 is 1.89 bits per heavy atom. The van der Waals surface area contributed by atoms with Gasteiger partial charge in [0.2, 0.25) is 0 Å². The van der Waals surface area contributed by atoms with Crippen molar-refractivity contribution in [3.8, 4) is 5.75 Å². The molecular weight excluding hydrogens is 250 g/mol. The number of nitrogens with one attached hydrogen (secondary N) is 1. The highest BCUT2D eigenvalue weighted by Crippen LogP contribution is 2.26. The molecule has 0 radical (unpaired) electrons. The molecule has 0 bridgehead atoms. The molecule has 2 aromatic rings. The van der Waals surface area contributed by atoms with Gasteiger partial charge in [-0.25, -0.2) is 0 Å². The quantitative estimate of drug-likeness (QED) is 0.794. The third-order valence-corrected chi connectivity index (χ3v) is 3.03. The van der Waals surface area contributed by atoms with Crippen LogP contribution in [0.3, 0.4) is 0 Å². The van der Waals surface area contributed by atoms with Crippen LogP contribution in [-0.2, 0) is 13.2 Å². The van der Waals surface area contributed by atoms with Crippen LogP contribution in [0.4, 0.5) is 5.69 Å². The fraction of sp³-hybridized carbons (Fsp3) is 0.143. The SMILES string of the molecule is OCc1cccc(NCc2c(O)cccc2Cl)c1. The zero-order chi connectivity index (χ0) is 13.0. The number of phenols is 1. The molecule has 0 amide bonds. The zero-order valence-corrected chi connectivity index (χ0v) is 10.5. The predicted molar refractivity (Wildman–Crippen MR) is 72.8 cm³/mol. The first kappa shape index (κ1) is 12.7. The summed E-state index contributed by atoms with van der Waals surface area (Å²) in [7, 11) is 0. The summed E-state index contributed by atoms with van der Waals surface area (Å²) in [5, 5.41) is 22.4. The van der Waals surface area contributed by atoms with Gasteiger partial charge in [-0.2, -0.15) is 0 Å². The molecule has 3 nitrogen and oxygen atoms in total. The number of aromatic hydroxyl groups is 1. The lowest BCUT2D eigenvalue weighted by Gasteiger charge is -2.10. The fourth-order valence-electron chi connectivity index (χ4n) is 1.69. The highest BCUT2D eigenvalue weighted by Gasteiger charge is 2.05. The van der Waals surface area contributed by atoms with Gasteiger partial charge >= 0.3 is 0 Å². The lowest BCUT2D eigenvalue weighted by molar-refractivity contribution is 0.282. The minimum atomic E-state index is 0.00681. The third kappa shape index (κ3) is 2.94. The van der Waals surface area contributed by atoms with Crippen molar-refractivity contribution in [2.24, 2.45) is 0 Å². The molecule has 0 heterocycles. The van der Waals surface area contributed by atoms with Crippen molar-refractivity contribution in [1.29, 1.82) is 0 Å². The molecule has 0 saturated carbocycles. The maximum atomic E-state index is 9.71. The van der Waals surface area contributed by atoms with Crippen LogP contribution >= 0.6 is 11.6 Å². The summed E-state index contributed by atoms with van der Waals surface area (Å²) < 4.78 is 0. The summed E-state index contributed by atoms with van der Waals surface area (Å²) >= 11 is 6.01. The Hall–Kier alpha value is -1.71. The van der Waals surface area contributed by atoms with E-state index in [1.54, 1.807) is 18.2 Å². The Morgan fingerprint density at radius 3 is 2.61 bits per heavy atom. The van der Waals surface area contributed by atoms with Gasteiger partial charge in [-0.1, -0.05) is 29.8 Å². The van der Waals surface area contributed by atoms with E-state index in [1.165, 1.54) is 0 Å². The van der Waals surface area contributed by atoms with Crippen molar-refractivity contribution in [2.75, 3.05) is 5.32 Å². The van der Waals surface area contributed by atoms with Crippen molar-refractivity contribution in [3.05, 3.63) is 58.6 Å². The van der Waals surface area contributed by atoms with Crippen LogP contribution in [0.25, 0.3) is 0 Å². The number of aliphatic hydroxyl groups excluding tert-OH is 1. The van der Waals surface area contributed by atoms with Crippen LogP contribution in [0.1, 0.15) is 11.1 Å². The van der Waals surface area contributed by atoms with E-state index in [1.807, 2.05) is 24.3 Å². The lowest BCUT2D eigenvalue weighted by atomic mass is 10.1. The monoisotopic (exact) mass is 263 g/mol. The number of anilines is 1. The van der Waals surface area contributed by atoms with E-state index < -0.39 is 0 Å². The van der Waals surface area contributed by atoms with Gasteiger partial charge in [0.15, 0.2) is 0 Å².